The number of hydrogen-bond donors (Lipinski definition) is 2. The highest BCUT2D eigenvalue weighted by molar-refractivity contribution is 5.94. The van der Waals surface area contributed by atoms with Gasteiger partial charge in [0.05, 0.1) is 10.5 Å². The maximum Gasteiger partial charge on any atom is 0.339 e. The Hall–Kier alpha value is -2.22. The van der Waals surface area contributed by atoms with Gasteiger partial charge in [0.15, 0.2) is 0 Å². The summed E-state index contributed by atoms with van der Waals surface area (Å²) < 4.78 is 0. The number of carbonyl (C=O) groups is 1. The molecule has 0 aliphatic rings. The number of pyridine rings is 1. The zero-order chi connectivity index (χ0) is 15.5. The summed E-state index contributed by atoms with van der Waals surface area (Å²) >= 11 is 0. The lowest BCUT2D eigenvalue weighted by Gasteiger charge is -2.29. The van der Waals surface area contributed by atoms with Crippen LogP contribution < -0.4 is 4.90 Å². The highest BCUT2D eigenvalue weighted by atomic mass is 16.6. The highest BCUT2D eigenvalue weighted by Crippen LogP contribution is 2.23. The third-order valence-corrected chi connectivity index (χ3v) is 2.55. The maximum absolute atomic E-state index is 11.2. The van der Waals surface area contributed by atoms with Gasteiger partial charge in [-0.05, 0) is 20.8 Å². The predicted octanol–water partition coefficient (Wildman–Crippen LogP) is 1.29. The van der Waals surface area contributed by atoms with Crippen molar-refractivity contribution >= 4 is 17.5 Å². The number of hydrogen-bond acceptors (Lipinski definition) is 6. The number of nitrogens with zero attached hydrogens (tertiary/aromatic N) is 3. The van der Waals surface area contributed by atoms with Crippen molar-refractivity contribution in [3.8, 4) is 0 Å². The number of nitro groups is 1. The van der Waals surface area contributed by atoms with E-state index in [9.17, 15) is 20.0 Å². The molecule has 0 aliphatic carbocycles. The monoisotopic (exact) mass is 283 g/mol. The van der Waals surface area contributed by atoms with Gasteiger partial charge in [-0.2, -0.15) is 0 Å². The van der Waals surface area contributed by atoms with E-state index in [1.165, 1.54) is 0 Å². The SMILES string of the molecule is CCN(CC(C)(C)O)c1ncc([N+](=O)[O-])cc1C(=O)O. The molecule has 110 valence electrons. The molecule has 0 atom stereocenters. The summed E-state index contributed by atoms with van der Waals surface area (Å²) in [4.78, 5) is 26.6. The lowest BCUT2D eigenvalue weighted by atomic mass is 10.1. The molecule has 1 aromatic heterocycles. The van der Waals surface area contributed by atoms with Crippen molar-refractivity contribution in [1.29, 1.82) is 0 Å². The van der Waals surface area contributed by atoms with Crippen LogP contribution >= 0.6 is 0 Å². The molecule has 0 fully saturated rings. The average Bonchev–Trinajstić information content (AvgIpc) is 2.34. The molecule has 2 N–H and O–H groups in total. The molecule has 0 unspecified atom stereocenters. The fraction of sp³-hybridized carbons (Fsp3) is 0.500. The molecule has 0 saturated heterocycles. The van der Waals surface area contributed by atoms with Gasteiger partial charge in [-0.15, -0.1) is 0 Å². The van der Waals surface area contributed by atoms with Crippen LogP contribution in [0.2, 0.25) is 0 Å². The van der Waals surface area contributed by atoms with Gasteiger partial charge in [-0.25, -0.2) is 9.78 Å². The van der Waals surface area contributed by atoms with Gasteiger partial charge in [0, 0.05) is 19.2 Å². The Bertz CT molecular complexity index is 524. The number of aromatic carboxylic acids is 1. The van der Waals surface area contributed by atoms with Crippen LogP contribution in [0.1, 0.15) is 31.1 Å². The minimum Gasteiger partial charge on any atom is -0.478 e. The van der Waals surface area contributed by atoms with Crippen LogP contribution in [-0.2, 0) is 0 Å². The Balaban J connectivity index is 3.28. The van der Waals surface area contributed by atoms with Gasteiger partial charge >= 0.3 is 5.97 Å². The molecule has 0 amide bonds. The third-order valence-electron chi connectivity index (χ3n) is 2.55. The standard InChI is InChI=1S/C12H17N3O5/c1-4-14(7-12(2,3)18)10-9(11(16)17)5-8(6-13-10)15(19)20/h5-6,18H,4,7H2,1-3H3,(H,16,17). The number of aromatic nitrogens is 1. The summed E-state index contributed by atoms with van der Waals surface area (Å²) in [5, 5.41) is 29.7. The van der Waals surface area contributed by atoms with Crippen LogP contribution in [0, 0.1) is 10.1 Å². The fourth-order valence-corrected chi connectivity index (χ4v) is 1.76. The second-order valence-electron chi connectivity index (χ2n) is 4.95. The summed E-state index contributed by atoms with van der Waals surface area (Å²) in [6.07, 6.45) is 1.01. The molecule has 0 aromatic carbocycles. The molecule has 20 heavy (non-hydrogen) atoms. The van der Waals surface area contributed by atoms with Gasteiger partial charge in [0.2, 0.25) is 0 Å². The van der Waals surface area contributed by atoms with Crippen molar-refractivity contribution in [2.24, 2.45) is 0 Å². The van der Waals surface area contributed by atoms with Crippen LogP contribution in [0.4, 0.5) is 11.5 Å². The van der Waals surface area contributed by atoms with Gasteiger partial charge in [0.25, 0.3) is 5.69 Å². The van der Waals surface area contributed by atoms with E-state index in [-0.39, 0.29) is 23.6 Å². The molecule has 1 rings (SSSR count). The van der Waals surface area contributed by atoms with Crippen LogP contribution in [0.3, 0.4) is 0 Å². The van der Waals surface area contributed by atoms with E-state index in [0.717, 1.165) is 12.3 Å². The molecule has 0 aliphatic heterocycles. The number of likely N-dealkylation sites (N-methyl/N-ethyl adjacent to an activating group) is 1. The molecule has 1 heterocycles. The summed E-state index contributed by atoms with van der Waals surface area (Å²) in [6.45, 7) is 5.52. The van der Waals surface area contributed by atoms with Crippen LogP contribution in [0.5, 0.6) is 0 Å². The molecule has 0 saturated carbocycles. The van der Waals surface area contributed by atoms with E-state index in [1.54, 1.807) is 25.7 Å². The second kappa shape index (κ2) is 5.83. The first kappa shape index (κ1) is 15.8. The first-order valence-corrected chi connectivity index (χ1v) is 6.00. The van der Waals surface area contributed by atoms with Crippen molar-refractivity contribution in [2.75, 3.05) is 18.0 Å². The lowest BCUT2D eigenvalue weighted by molar-refractivity contribution is -0.385. The zero-order valence-corrected chi connectivity index (χ0v) is 11.5. The number of anilines is 1. The first-order valence-electron chi connectivity index (χ1n) is 6.00. The van der Waals surface area contributed by atoms with Crippen molar-refractivity contribution < 1.29 is 19.9 Å². The summed E-state index contributed by atoms with van der Waals surface area (Å²) in [7, 11) is 0. The number of rotatable bonds is 6. The minimum atomic E-state index is -1.30. The zero-order valence-electron chi connectivity index (χ0n) is 11.5. The van der Waals surface area contributed by atoms with E-state index < -0.39 is 16.5 Å². The molecule has 8 nitrogen and oxygen atoms in total. The quantitative estimate of drug-likeness (QED) is 0.596. The van der Waals surface area contributed by atoms with Crippen LogP contribution in [-0.4, -0.2) is 44.8 Å². The lowest BCUT2D eigenvalue weighted by Crippen LogP contribution is -2.39. The Labute approximate surface area is 115 Å². The summed E-state index contributed by atoms with van der Waals surface area (Å²) in [5.74, 6) is -1.20. The number of aliphatic hydroxyl groups is 1. The normalized spacial score (nSPS) is 11.2. The largest absolute Gasteiger partial charge is 0.478 e. The molecular formula is C12H17N3O5. The Morgan fingerprint density at radius 1 is 1.55 bits per heavy atom. The summed E-state index contributed by atoms with van der Waals surface area (Å²) in [5.41, 5.74) is -1.69. The van der Waals surface area contributed by atoms with Gasteiger partial charge in [0.1, 0.15) is 17.6 Å². The van der Waals surface area contributed by atoms with Crippen molar-refractivity contribution in [3.63, 3.8) is 0 Å². The Morgan fingerprint density at radius 2 is 2.15 bits per heavy atom. The molecule has 8 heteroatoms. The predicted molar refractivity (Wildman–Crippen MR) is 72.0 cm³/mol. The van der Waals surface area contributed by atoms with Gasteiger partial charge in [-0.3, -0.25) is 10.1 Å². The van der Waals surface area contributed by atoms with E-state index in [0.29, 0.717) is 6.54 Å². The Morgan fingerprint density at radius 3 is 2.55 bits per heavy atom. The van der Waals surface area contributed by atoms with Crippen LogP contribution in [0.25, 0.3) is 0 Å². The Kier molecular flexibility index (Phi) is 4.61. The highest BCUT2D eigenvalue weighted by Gasteiger charge is 2.24. The first-order chi connectivity index (χ1) is 9.15. The minimum absolute atomic E-state index is 0.104. The molecule has 1 aromatic rings. The van der Waals surface area contributed by atoms with E-state index >= 15 is 0 Å². The van der Waals surface area contributed by atoms with E-state index in [2.05, 4.69) is 4.98 Å². The van der Waals surface area contributed by atoms with E-state index in [1.807, 2.05) is 0 Å². The molecule has 0 spiro atoms. The van der Waals surface area contributed by atoms with Crippen molar-refractivity contribution in [3.05, 3.63) is 27.9 Å². The van der Waals surface area contributed by atoms with Gasteiger partial charge in [-0.1, -0.05) is 0 Å². The average molecular weight is 283 g/mol. The van der Waals surface area contributed by atoms with Crippen molar-refractivity contribution in [1.82, 2.24) is 4.98 Å². The van der Waals surface area contributed by atoms with Gasteiger partial charge < -0.3 is 15.1 Å². The third kappa shape index (κ3) is 3.89. The molecule has 0 bridgehead atoms. The number of carboxylic acid groups (broad SMARTS) is 1. The summed E-state index contributed by atoms with van der Waals surface area (Å²) in [6, 6.07) is 0.970. The van der Waals surface area contributed by atoms with Crippen LogP contribution in [0.15, 0.2) is 12.3 Å². The molecule has 0 radical (unpaired) electrons. The maximum atomic E-state index is 11.2. The van der Waals surface area contributed by atoms with E-state index in [4.69, 9.17) is 5.11 Å². The van der Waals surface area contributed by atoms with Crippen molar-refractivity contribution in [2.45, 2.75) is 26.4 Å². The number of carboxylic acids is 1. The smallest absolute Gasteiger partial charge is 0.339 e. The molecular weight excluding hydrogens is 266 g/mol. The topological polar surface area (TPSA) is 117 Å². The second-order valence-corrected chi connectivity index (χ2v) is 4.95. The fourth-order valence-electron chi connectivity index (χ4n) is 1.76.